The third-order valence-corrected chi connectivity index (χ3v) is 3.91. The minimum Gasteiger partial charge on any atom is -0.367 e. The molecule has 4 nitrogen and oxygen atoms in total. The first-order valence-electron chi connectivity index (χ1n) is 7.59. The van der Waals surface area contributed by atoms with E-state index in [0.717, 1.165) is 28.1 Å². The summed E-state index contributed by atoms with van der Waals surface area (Å²) in [6.07, 6.45) is 3.52. The second kappa shape index (κ2) is 6.10. The Morgan fingerprint density at radius 1 is 0.909 bits per heavy atom. The van der Waals surface area contributed by atoms with Gasteiger partial charge in [0.2, 0.25) is 0 Å². The highest BCUT2D eigenvalue weighted by Crippen LogP contribution is 2.25. The van der Waals surface area contributed by atoms with E-state index in [1.807, 2.05) is 30.3 Å². The van der Waals surface area contributed by atoms with Crippen LogP contribution in [0.15, 0.2) is 48.8 Å². The van der Waals surface area contributed by atoms with E-state index in [-0.39, 0.29) is 0 Å². The molecule has 4 heteroatoms. The Labute approximate surface area is 130 Å². The SMILES string of the molecule is CC(C)[C@@H](C)Nc1nc(-c2ccncc2)nc2ccccc12. The molecule has 0 unspecified atom stereocenters. The van der Waals surface area contributed by atoms with E-state index >= 15 is 0 Å². The van der Waals surface area contributed by atoms with Crippen LogP contribution in [0.5, 0.6) is 0 Å². The second-order valence-corrected chi connectivity index (χ2v) is 5.83. The number of benzene rings is 1. The van der Waals surface area contributed by atoms with Crippen molar-refractivity contribution >= 4 is 16.7 Å². The van der Waals surface area contributed by atoms with E-state index in [9.17, 15) is 0 Å². The molecule has 0 amide bonds. The van der Waals surface area contributed by atoms with E-state index in [1.165, 1.54) is 0 Å². The molecular weight excluding hydrogens is 272 g/mol. The lowest BCUT2D eigenvalue weighted by Crippen LogP contribution is -2.22. The summed E-state index contributed by atoms with van der Waals surface area (Å²) in [7, 11) is 0. The topological polar surface area (TPSA) is 50.7 Å². The van der Waals surface area contributed by atoms with Gasteiger partial charge >= 0.3 is 0 Å². The molecule has 0 fully saturated rings. The highest BCUT2D eigenvalue weighted by atomic mass is 15.1. The fourth-order valence-corrected chi connectivity index (χ4v) is 2.20. The standard InChI is InChI=1S/C18H20N4/c1-12(2)13(3)20-18-15-6-4-5-7-16(15)21-17(22-18)14-8-10-19-11-9-14/h4-13H,1-3H3,(H,20,21,22)/t13-/m1/s1. The fourth-order valence-electron chi connectivity index (χ4n) is 2.20. The number of hydrogen-bond acceptors (Lipinski definition) is 4. The number of rotatable bonds is 4. The van der Waals surface area contributed by atoms with Crippen LogP contribution in [-0.4, -0.2) is 21.0 Å². The molecule has 2 aromatic heterocycles. The highest BCUT2D eigenvalue weighted by Gasteiger charge is 2.13. The molecule has 22 heavy (non-hydrogen) atoms. The Morgan fingerprint density at radius 2 is 1.64 bits per heavy atom. The lowest BCUT2D eigenvalue weighted by Gasteiger charge is -2.19. The molecule has 0 spiro atoms. The molecule has 0 bridgehead atoms. The molecule has 0 aliphatic carbocycles. The normalized spacial score (nSPS) is 12.5. The van der Waals surface area contributed by atoms with Crippen LogP contribution in [0, 0.1) is 5.92 Å². The first kappa shape index (κ1) is 14.4. The van der Waals surface area contributed by atoms with Crippen molar-refractivity contribution in [3.05, 3.63) is 48.8 Å². The summed E-state index contributed by atoms with van der Waals surface area (Å²) in [4.78, 5) is 13.5. The maximum atomic E-state index is 4.74. The predicted octanol–water partition coefficient (Wildman–Crippen LogP) is 4.15. The summed E-state index contributed by atoms with van der Waals surface area (Å²) in [5, 5.41) is 4.58. The Hall–Kier alpha value is -2.49. The zero-order chi connectivity index (χ0) is 15.5. The Morgan fingerprint density at radius 3 is 2.36 bits per heavy atom. The van der Waals surface area contributed by atoms with E-state index in [1.54, 1.807) is 12.4 Å². The summed E-state index contributed by atoms with van der Waals surface area (Å²) in [5.74, 6) is 2.14. The molecule has 1 atom stereocenters. The van der Waals surface area contributed by atoms with Crippen molar-refractivity contribution < 1.29 is 0 Å². The number of hydrogen-bond donors (Lipinski definition) is 1. The van der Waals surface area contributed by atoms with E-state index in [4.69, 9.17) is 4.98 Å². The zero-order valence-corrected chi connectivity index (χ0v) is 13.1. The number of anilines is 1. The number of pyridine rings is 1. The largest absolute Gasteiger partial charge is 0.367 e. The summed E-state index contributed by atoms with van der Waals surface area (Å²) >= 11 is 0. The third kappa shape index (κ3) is 2.91. The van der Waals surface area contributed by atoms with Gasteiger partial charge in [-0.1, -0.05) is 26.0 Å². The zero-order valence-electron chi connectivity index (χ0n) is 13.1. The summed E-state index contributed by atoms with van der Waals surface area (Å²) in [5.41, 5.74) is 1.92. The molecule has 1 N–H and O–H groups in total. The van der Waals surface area contributed by atoms with Gasteiger partial charge in [-0.3, -0.25) is 4.98 Å². The lowest BCUT2D eigenvalue weighted by atomic mass is 10.1. The number of nitrogens with one attached hydrogen (secondary N) is 1. The van der Waals surface area contributed by atoms with Crippen LogP contribution in [0.25, 0.3) is 22.3 Å². The molecule has 0 radical (unpaired) electrons. The molecule has 0 aliphatic rings. The van der Waals surface area contributed by atoms with Crippen molar-refractivity contribution in [3.63, 3.8) is 0 Å². The minimum atomic E-state index is 0.337. The third-order valence-electron chi connectivity index (χ3n) is 3.91. The highest BCUT2D eigenvalue weighted by molar-refractivity contribution is 5.90. The number of para-hydroxylation sites is 1. The van der Waals surface area contributed by atoms with Crippen molar-refractivity contribution in [2.45, 2.75) is 26.8 Å². The van der Waals surface area contributed by atoms with E-state index < -0.39 is 0 Å². The van der Waals surface area contributed by atoms with Gasteiger partial charge in [-0.15, -0.1) is 0 Å². The number of aromatic nitrogens is 3. The first-order chi connectivity index (χ1) is 10.6. The maximum absolute atomic E-state index is 4.74. The molecule has 112 valence electrons. The molecule has 3 rings (SSSR count). The molecule has 0 saturated carbocycles. The van der Waals surface area contributed by atoms with Gasteiger partial charge in [0.1, 0.15) is 5.82 Å². The van der Waals surface area contributed by atoms with Crippen LogP contribution in [0.1, 0.15) is 20.8 Å². The van der Waals surface area contributed by atoms with Crippen LogP contribution in [-0.2, 0) is 0 Å². The van der Waals surface area contributed by atoms with Crippen molar-refractivity contribution in [2.24, 2.45) is 5.92 Å². The number of fused-ring (bicyclic) bond motifs is 1. The molecule has 2 heterocycles. The van der Waals surface area contributed by atoms with Gasteiger partial charge in [-0.2, -0.15) is 0 Å². The summed E-state index contributed by atoms with van der Waals surface area (Å²) in [6, 6.07) is 12.3. The van der Waals surface area contributed by atoms with Crippen molar-refractivity contribution in [2.75, 3.05) is 5.32 Å². The van der Waals surface area contributed by atoms with Crippen LogP contribution in [0.3, 0.4) is 0 Å². The quantitative estimate of drug-likeness (QED) is 0.785. The Kier molecular flexibility index (Phi) is 4.00. The second-order valence-electron chi connectivity index (χ2n) is 5.83. The molecule has 3 aromatic rings. The lowest BCUT2D eigenvalue weighted by molar-refractivity contribution is 0.559. The van der Waals surface area contributed by atoms with Gasteiger partial charge < -0.3 is 5.32 Å². The molecule has 1 aromatic carbocycles. The summed E-state index contributed by atoms with van der Waals surface area (Å²) < 4.78 is 0. The van der Waals surface area contributed by atoms with Crippen molar-refractivity contribution in [3.8, 4) is 11.4 Å². The smallest absolute Gasteiger partial charge is 0.162 e. The first-order valence-corrected chi connectivity index (χ1v) is 7.59. The van der Waals surface area contributed by atoms with E-state index in [0.29, 0.717) is 12.0 Å². The van der Waals surface area contributed by atoms with Crippen LogP contribution in [0.4, 0.5) is 5.82 Å². The molecule has 0 saturated heterocycles. The van der Waals surface area contributed by atoms with Gasteiger partial charge in [0.25, 0.3) is 0 Å². The van der Waals surface area contributed by atoms with Crippen LogP contribution < -0.4 is 5.32 Å². The van der Waals surface area contributed by atoms with Crippen molar-refractivity contribution in [1.82, 2.24) is 15.0 Å². The molecule has 0 aliphatic heterocycles. The average molecular weight is 292 g/mol. The van der Waals surface area contributed by atoms with Crippen LogP contribution >= 0.6 is 0 Å². The predicted molar refractivity (Wildman–Crippen MR) is 90.7 cm³/mol. The van der Waals surface area contributed by atoms with E-state index in [2.05, 4.69) is 42.1 Å². The summed E-state index contributed by atoms with van der Waals surface area (Å²) in [6.45, 7) is 6.57. The number of nitrogens with zero attached hydrogens (tertiary/aromatic N) is 3. The fraction of sp³-hybridized carbons (Fsp3) is 0.278. The van der Waals surface area contributed by atoms with Gasteiger partial charge in [0.15, 0.2) is 5.82 Å². The van der Waals surface area contributed by atoms with Gasteiger partial charge in [0, 0.05) is 29.4 Å². The van der Waals surface area contributed by atoms with Gasteiger partial charge in [-0.05, 0) is 37.1 Å². The maximum Gasteiger partial charge on any atom is 0.162 e. The molecular formula is C18H20N4. The monoisotopic (exact) mass is 292 g/mol. The van der Waals surface area contributed by atoms with Gasteiger partial charge in [-0.25, -0.2) is 9.97 Å². The van der Waals surface area contributed by atoms with Crippen molar-refractivity contribution in [1.29, 1.82) is 0 Å². The van der Waals surface area contributed by atoms with Gasteiger partial charge in [0.05, 0.1) is 5.52 Å². The average Bonchev–Trinajstić information content (AvgIpc) is 2.55. The Bertz CT molecular complexity index is 768. The Balaban J connectivity index is 2.12. The minimum absolute atomic E-state index is 0.337. The van der Waals surface area contributed by atoms with Crippen LogP contribution in [0.2, 0.25) is 0 Å².